The molecule has 108 valence electrons. The Bertz CT molecular complexity index is 842. The van der Waals surface area contributed by atoms with Crippen LogP contribution in [0.3, 0.4) is 0 Å². The first-order valence-corrected chi connectivity index (χ1v) is 6.95. The van der Waals surface area contributed by atoms with Gasteiger partial charge in [0.2, 0.25) is 0 Å². The lowest BCUT2D eigenvalue weighted by Gasteiger charge is -2.11. The summed E-state index contributed by atoms with van der Waals surface area (Å²) in [7, 11) is 0. The fourth-order valence-electron chi connectivity index (χ4n) is 2.76. The van der Waals surface area contributed by atoms with Gasteiger partial charge in [-0.15, -0.1) is 0 Å². The van der Waals surface area contributed by atoms with E-state index in [0.717, 1.165) is 28.2 Å². The molecule has 0 aromatic carbocycles. The lowest BCUT2D eigenvalue weighted by Crippen LogP contribution is -2.22. The lowest BCUT2D eigenvalue weighted by molar-refractivity contribution is 0.0996. The van der Waals surface area contributed by atoms with Gasteiger partial charge >= 0.3 is 0 Å². The topological polar surface area (TPSA) is 74.8 Å². The van der Waals surface area contributed by atoms with Crippen molar-refractivity contribution in [2.75, 3.05) is 4.90 Å². The minimum absolute atomic E-state index is 0.0286. The number of aryl methyl sites for hydroxylation is 1. The molecule has 3 aromatic rings. The summed E-state index contributed by atoms with van der Waals surface area (Å²) in [5.74, 6) is -0.0286. The number of amides is 1. The van der Waals surface area contributed by atoms with Gasteiger partial charge in [0.1, 0.15) is 0 Å². The number of H-pyrrole nitrogens is 1. The maximum atomic E-state index is 12.6. The Morgan fingerprint density at radius 1 is 1.32 bits per heavy atom. The molecular weight excluding hydrogens is 278 g/mol. The Kier molecular flexibility index (Phi) is 2.75. The molecule has 1 aliphatic rings. The second-order valence-electron chi connectivity index (χ2n) is 5.24. The summed E-state index contributed by atoms with van der Waals surface area (Å²) < 4.78 is 0. The number of nitrogens with zero attached hydrogens (tertiary/aromatic N) is 4. The molecule has 1 aliphatic heterocycles. The van der Waals surface area contributed by atoms with E-state index in [1.165, 1.54) is 0 Å². The monoisotopic (exact) mass is 291 g/mol. The third-order valence-electron chi connectivity index (χ3n) is 3.81. The van der Waals surface area contributed by atoms with E-state index in [9.17, 15) is 4.79 Å². The summed E-state index contributed by atoms with van der Waals surface area (Å²) in [5.41, 5.74) is 4.96. The largest absolute Gasteiger partial charge is 0.299 e. The maximum absolute atomic E-state index is 12.6. The van der Waals surface area contributed by atoms with E-state index in [1.807, 2.05) is 25.1 Å². The first kappa shape index (κ1) is 12.7. The Labute approximate surface area is 126 Å². The van der Waals surface area contributed by atoms with Crippen LogP contribution in [0.15, 0.2) is 43.0 Å². The highest BCUT2D eigenvalue weighted by atomic mass is 16.2. The normalized spacial score (nSPS) is 13.5. The predicted octanol–water partition coefficient (Wildman–Crippen LogP) is 2.34. The van der Waals surface area contributed by atoms with Crippen LogP contribution < -0.4 is 4.90 Å². The van der Waals surface area contributed by atoms with E-state index in [-0.39, 0.29) is 5.91 Å². The maximum Gasteiger partial charge on any atom is 0.260 e. The quantitative estimate of drug-likeness (QED) is 0.786. The highest BCUT2D eigenvalue weighted by molar-refractivity contribution is 6.10. The van der Waals surface area contributed by atoms with E-state index in [1.54, 1.807) is 29.7 Å². The van der Waals surface area contributed by atoms with Crippen LogP contribution in [0.4, 0.5) is 5.69 Å². The Balaban J connectivity index is 1.79. The number of hydrogen-bond acceptors (Lipinski definition) is 4. The minimum Gasteiger partial charge on any atom is -0.299 e. The molecule has 22 heavy (non-hydrogen) atoms. The summed E-state index contributed by atoms with van der Waals surface area (Å²) in [5, 5.41) is 6.64. The van der Waals surface area contributed by atoms with Crippen molar-refractivity contribution >= 4 is 11.6 Å². The number of carbonyl (C=O) groups excluding carboxylic acids is 1. The molecule has 0 aliphatic carbocycles. The molecule has 6 nitrogen and oxygen atoms in total. The van der Waals surface area contributed by atoms with Gasteiger partial charge in [0, 0.05) is 24.2 Å². The summed E-state index contributed by atoms with van der Waals surface area (Å²) in [4.78, 5) is 23.1. The number of carbonyl (C=O) groups is 1. The van der Waals surface area contributed by atoms with E-state index in [0.29, 0.717) is 12.1 Å². The number of pyridine rings is 2. The highest BCUT2D eigenvalue weighted by Crippen LogP contribution is 2.31. The van der Waals surface area contributed by atoms with Gasteiger partial charge in [-0.05, 0) is 30.7 Å². The second kappa shape index (κ2) is 4.77. The Morgan fingerprint density at radius 3 is 2.95 bits per heavy atom. The molecule has 4 heterocycles. The van der Waals surface area contributed by atoms with Crippen LogP contribution in [0, 0.1) is 6.92 Å². The van der Waals surface area contributed by atoms with Gasteiger partial charge in [-0.1, -0.05) is 0 Å². The van der Waals surface area contributed by atoms with E-state index in [4.69, 9.17) is 0 Å². The fourth-order valence-corrected chi connectivity index (χ4v) is 2.76. The Morgan fingerprint density at radius 2 is 2.23 bits per heavy atom. The number of aromatic amines is 1. The zero-order valence-electron chi connectivity index (χ0n) is 11.9. The van der Waals surface area contributed by atoms with E-state index in [2.05, 4.69) is 20.2 Å². The van der Waals surface area contributed by atoms with Crippen LogP contribution in [0.2, 0.25) is 0 Å². The van der Waals surface area contributed by atoms with Crippen molar-refractivity contribution in [2.45, 2.75) is 13.5 Å². The summed E-state index contributed by atoms with van der Waals surface area (Å²) in [6, 6.07) is 5.78. The van der Waals surface area contributed by atoms with Crippen molar-refractivity contribution in [3.63, 3.8) is 0 Å². The van der Waals surface area contributed by atoms with Gasteiger partial charge in [-0.2, -0.15) is 5.10 Å². The van der Waals surface area contributed by atoms with Crippen molar-refractivity contribution < 1.29 is 4.79 Å². The van der Waals surface area contributed by atoms with E-state index >= 15 is 0 Å². The molecule has 0 radical (unpaired) electrons. The van der Waals surface area contributed by atoms with Crippen molar-refractivity contribution in [1.82, 2.24) is 20.2 Å². The van der Waals surface area contributed by atoms with Crippen molar-refractivity contribution in [1.29, 1.82) is 0 Å². The number of rotatable bonds is 2. The molecule has 0 fully saturated rings. The molecule has 0 spiro atoms. The van der Waals surface area contributed by atoms with Crippen LogP contribution in [-0.2, 0) is 6.54 Å². The molecular formula is C16H13N5O. The first-order chi connectivity index (χ1) is 10.7. The molecule has 0 saturated heterocycles. The SMILES string of the molecule is Cc1cc(-c2cccnc2)nc2c1C(=O)N(c1cn[nH]c1)C2. The van der Waals surface area contributed by atoms with Gasteiger partial charge in [0.05, 0.1) is 35.4 Å². The molecule has 0 unspecified atom stereocenters. The average molecular weight is 291 g/mol. The second-order valence-corrected chi connectivity index (χ2v) is 5.24. The zero-order valence-corrected chi connectivity index (χ0v) is 11.9. The minimum atomic E-state index is -0.0286. The van der Waals surface area contributed by atoms with E-state index < -0.39 is 0 Å². The van der Waals surface area contributed by atoms with Gasteiger partial charge < -0.3 is 0 Å². The van der Waals surface area contributed by atoms with Gasteiger partial charge in [0.25, 0.3) is 5.91 Å². The number of aromatic nitrogens is 4. The molecule has 0 bridgehead atoms. The molecule has 6 heteroatoms. The molecule has 3 aromatic heterocycles. The fraction of sp³-hybridized carbons (Fsp3) is 0.125. The summed E-state index contributed by atoms with van der Waals surface area (Å²) in [6.45, 7) is 2.40. The van der Waals surface area contributed by atoms with Crippen molar-refractivity contribution in [3.05, 3.63) is 59.8 Å². The molecule has 1 N–H and O–H groups in total. The Hall–Kier alpha value is -3.02. The smallest absolute Gasteiger partial charge is 0.260 e. The van der Waals surface area contributed by atoms with Crippen LogP contribution in [0.1, 0.15) is 21.6 Å². The van der Waals surface area contributed by atoms with Crippen LogP contribution in [-0.4, -0.2) is 26.1 Å². The lowest BCUT2D eigenvalue weighted by atomic mass is 10.1. The molecule has 1 amide bonds. The van der Waals surface area contributed by atoms with Gasteiger partial charge in [-0.3, -0.25) is 24.8 Å². The molecule has 0 saturated carbocycles. The average Bonchev–Trinajstić information content (AvgIpc) is 3.16. The molecule has 0 atom stereocenters. The van der Waals surface area contributed by atoms with Crippen LogP contribution >= 0.6 is 0 Å². The molecule has 4 rings (SSSR count). The van der Waals surface area contributed by atoms with Gasteiger partial charge in [0.15, 0.2) is 0 Å². The third kappa shape index (κ3) is 1.88. The van der Waals surface area contributed by atoms with Crippen molar-refractivity contribution in [2.24, 2.45) is 0 Å². The predicted molar refractivity (Wildman–Crippen MR) is 81.3 cm³/mol. The van der Waals surface area contributed by atoms with Crippen molar-refractivity contribution in [3.8, 4) is 11.3 Å². The number of anilines is 1. The first-order valence-electron chi connectivity index (χ1n) is 6.95. The zero-order chi connectivity index (χ0) is 15.1. The van der Waals surface area contributed by atoms with Crippen LogP contribution in [0.25, 0.3) is 11.3 Å². The standard InChI is InChI=1S/C16H13N5O/c1-10-5-13(11-3-2-4-17-6-11)20-14-9-21(16(22)15(10)14)12-7-18-19-8-12/h2-8H,9H2,1H3,(H,18,19). The summed E-state index contributed by atoms with van der Waals surface area (Å²) >= 11 is 0. The number of nitrogens with one attached hydrogen (secondary N) is 1. The number of hydrogen-bond donors (Lipinski definition) is 1. The summed E-state index contributed by atoms with van der Waals surface area (Å²) in [6.07, 6.45) is 6.86. The van der Waals surface area contributed by atoms with Crippen LogP contribution in [0.5, 0.6) is 0 Å². The number of fused-ring (bicyclic) bond motifs is 1. The third-order valence-corrected chi connectivity index (χ3v) is 3.81. The highest BCUT2D eigenvalue weighted by Gasteiger charge is 2.32. The van der Waals surface area contributed by atoms with Gasteiger partial charge in [-0.25, -0.2) is 0 Å².